The maximum absolute atomic E-state index is 13.1. The second-order valence-corrected chi connectivity index (χ2v) is 9.77. The van der Waals surface area contributed by atoms with Gasteiger partial charge >= 0.3 is 0 Å². The molecule has 5 rings (SSSR count). The minimum Gasteiger partial charge on any atom is -0.497 e. The van der Waals surface area contributed by atoms with Crippen molar-refractivity contribution in [3.05, 3.63) is 96.1 Å². The number of carbonyl (C=O) groups excluding carboxylic acids is 2. The molecule has 2 amide bonds. The summed E-state index contributed by atoms with van der Waals surface area (Å²) in [5, 5.41) is 7.96. The van der Waals surface area contributed by atoms with Gasteiger partial charge in [-0.05, 0) is 65.5 Å². The first kappa shape index (κ1) is 27.0. The summed E-state index contributed by atoms with van der Waals surface area (Å²) in [4.78, 5) is 30.0. The number of thiocarbonyl (C=S) groups is 1. The normalized spacial score (nSPS) is 13.1. The summed E-state index contributed by atoms with van der Waals surface area (Å²) in [6.07, 6.45) is 0. The fraction of sp³-hybridized carbons (Fsp3) is 0.194. The van der Waals surface area contributed by atoms with Crippen LogP contribution in [-0.4, -0.2) is 62.2 Å². The van der Waals surface area contributed by atoms with E-state index in [1.807, 2.05) is 65.6 Å². The van der Waals surface area contributed by atoms with Crippen molar-refractivity contribution in [1.82, 2.24) is 10.2 Å². The zero-order valence-corrected chi connectivity index (χ0v) is 23.2. The molecular weight excluding hydrogens is 524 g/mol. The molecule has 4 aromatic rings. The number of hydrogen-bond acceptors (Lipinski definition) is 6. The molecule has 9 heteroatoms. The number of nitrogens with one attached hydrogen (secondary N) is 2. The van der Waals surface area contributed by atoms with Crippen LogP contribution < -0.4 is 25.0 Å². The number of benzene rings is 4. The van der Waals surface area contributed by atoms with Gasteiger partial charge in [-0.15, -0.1) is 0 Å². The highest BCUT2D eigenvalue weighted by atomic mass is 32.1. The van der Waals surface area contributed by atoms with Crippen LogP contribution in [0.15, 0.2) is 84.9 Å². The Kier molecular flexibility index (Phi) is 8.12. The van der Waals surface area contributed by atoms with Gasteiger partial charge in [-0.25, -0.2) is 0 Å². The molecule has 8 nitrogen and oxygen atoms in total. The Labute approximate surface area is 238 Å². The molecule has 40 heavy (non-hydrogen) atoms. The maximum atomic E-state index is 13.1. The predicted molar refractivity (Wildman–Crippen MR) is 162 cm³/mol. The van der Waals surface area contributed by atoms with E-state index in [1.165, 1.54) is 0 Å². The summed E-state index contributed by atoms with van der Waals surface area (Å²) < 4.78 is 10.6. The first-order valence-corrected chi connectivity index (χ1v) is 13.3. The second kappa shape index (κ2) is 12.0. The van der Waals surface area contributed by atoms with E-state index in [4.69, 9.17) is 21.7 Å². The highest BCUT2D eigenvalue weighted by Crippen LogP contribution is 2.25. The summed E-state index contributed by atoms with van der Waals surface area (Å²) in [7, 11) is 3.14. The number of rotatable bonds is 6. The Morgan fingerprint density at radius 1 is 0.800 bits per heavy atom. The Balaban J connectivity index is 1.15. The van der Waals surface area contributed by atoms with Crippen LogP contribution in [0.2, 0.25) is 0 Å². The Morgan fingerprint density at radius 2 is 1.45 bits per heavy atom. The van der Waals surface area contributed by atoms with Gasteiger partial charge in [0.1, 0.15) is 11.5 Å². The first-order valence-electron chi connectivity index (χ1n) is 12.9. The number of carbonyl (C=O) groups is 2. The number of methoxy groups -OCH3 is 2. The van der Waals surface area contributed by atoms with E-state index in [0.717, 1.165) is 22.1 Å². The van der Waals surface area contributed by atoms with Crippen molar-refractivity contribution in [2.24, 2.45) is 0 Å². The van der Waals surface area contributed by atoms with Crippen LogP contribution in [0.25, 0.3) is 10.8 Å². The van der Waals surface area contributed by atoms with Gasteiger partial charge in [0.2, 0.25) is 0 Å². The van der Waals surface area contributed by atoms with Crippen molar-refractivity contribution in [3.8, 4) is 11.5 Å². The average molecular weight is 555 g/mol. The molecule has 0 saturated carbocycles. The fourth-order valence-corrected chi connectivity index (χ4v) is 5.00. The van der Waals surface area contributed by atoms with Gasteiger partial charge in [-0.3, -0.25) is 14.9 Å². The number of anilines is 2. The smallest absolute Gasteiger partial charge is 0.258 e. The number of piperazine rings is 1. The van der Waals surface area contributed by atoms with E-state index in [-0.39, 0.29) is 16.9 Å². The molecular formula is C31H30N4O4S. The third kappa shape index (κ3) is 6.00. The molecule has 0 spiro atoms. The quantitative estimate of drug-likeness (QED) is 0.327. The molecule has 0 aromatic heterocycles. The molecule has 204 valence electrons. The van der Waals surface area contributed by atoms with Crippen molar-refractivity contribution in [2.75, 3.05) is 50.6 Å². The van der Waals surface area contributed by atoms with Crippen LogP contribution in [0.5, 0.6) is 11.5 Å². The Bertz CT molecular complexity index is 1520. The van der Waals surface area contributed by atoms with Crippen LogP contribution in [-0.2, 0) is 0 Å². The zero-order chi connectivity index (χ0) is 28.1. The number of hydrogen-bond donors (Lipinski definition) is 2. The summed E-state index contributed by atoms with van der Waals surface area (Å²) in [5.41, 5.74) is 2.93. The van der Waals surface area contributed by atoms with E-state index >= 15 is 0 Å². The van der Waals surface area contributed by atoms with Gasteiger partial charge in [-0.2, -0.15) is 0 Å². The van der Waals surface area contributed by atoms with Crippen molar-refractivity contribution >= 4 is 51.3 Å². The van der Waals surface area contributed by atoms with Crippen molar-refractivity contribution in [2.45, 2.75) is 0 Å². The standard InChI is InChI=1S/C31H30N4O4S/c1-38-25-18-22(19-26(20-25)39-2)30(37)35-16-14-34(15-17-35)24-12-10-23(11-13-24)32-31(40)33-29(36)28-9-5-7-21-6-3-4-8-27(21)28/h3-13,18-20H,14-17H2,1-2H3,(H2,32,33,36,40). The minimum absolute atomic E-state index is 0.0459. The van der Waals surface area contributed by atoms with Crippen molar-refractivity contribution in [3.63, 3.8) is 0 Å². The summed E-state index contributed by atoms with van der Waals surface area (Å²) in [6.45, 7) is 2.61. The molecule has 0 radical (unpaired) electrons. The minimum atomic E-state index is -0.259. The molecule has 0 unspecified atom stereocenters. The van der Waals surface area contributed by atoms with Gasteiger partial charge in [0, 0.05) is 54.7 Å². The van der Waals surface area contributed by atoms with Gasteiger partial charge in [0.15, 0.2) is 5.11 Å². The lowest BCUT2D eigenvalue weighted by molar-refractivity contribution is 0.0745. The van der Waals surface area contributed by atoms with E-state index in [2.05, 4.69) is 15.5 Å². The molecule has 1 saturated heterocycles. The lowest BCUT2D eigenvalue weighted by Gasteiger charge is -2.36. The summed E-state index contributed by atoms with van der Waals surface area (Å²) in [5.74, 6) is 0.867. The maximum Gasteiger partial charge on any atom is 0.258 e. The molecule has 0 atom stereocenters. The third-order valence-electron chi connectivity index (χ3n) is 6.92. The largest absolute Gasteiger partial charge is 0.497 e. The van der Waals surface area contributed by atoms with E-state index in [0.29, 0.717) is 48.8 Å². The number of amides is 2. The Morgan fingerprint density at radius 3 is 2.12 bits per heavy atom. The molecule has 0 bridgehead atoms. The third-order valence-corrected chi connectivity index (χ3v) is 7.12. The molecule has 1 heterocycles. The van der Waals surface area contributed by atoms with E-state index in [9.17, 15) is 9.59 Å². The second-order valence-electron chi connectivity index (χ2n) is 9.36. The van der Waals surface area contributed by atoms with Crippen molar-refractivity contribution in [1.29, 1.82) is 0 Å². The number of fused-ring (bicyclic) bond motifs is 1. The first-order chi connectivity index (χ1) is 19.4. The van der Waals surface area contributed by atoms with Gasteiger partial charge in [0.25, 0.3) is 11.8 Å². The highest BCUT2D eigenvalue weighted by Gasteiger charge is 2.23. The van der Waals surface area contributed by atoms with Gasteiger partial charge in [-0.1, -0.05) is 36.4 Å². The SMILES string of the molecule is COc1cc(OC)cc(C(=O)N2CCN(c3ccc(NC(=S)NC(=O)c4cccc5ccccc45)cc3)CC2)c1. The molecule has 0 aliphatic carbocycles. The van der Waals surface area contributed by atoms with Gasteiger partial charge < -0.3 is 24.6 Å². The molecule has 1 fully saturated rings. The summed E-state index contributed by atoms with van der Waals surface area (Å²) in [6, 6.07) is 26.4. The van der Waals surface area contributed by atoms with Crippen LogP contribution in [0.1, 0.15) is 20.7 Å². The predicted octanol–water partition coefficient (Wildman–Crippen LogP) is 4.95. The monoisotopic (exact) mass is 554 g/mol. The molecule has 2 N–H and O–H groups in total. The van der Waals surface area contributed by atoms with Crippen molar-refractivity contribution < 1.29 is 19.1 Å². The van der Waals surface area contributed by atoms with E-state index < -0.39 is 0 Å². The highest BCUT2D eigenvalue weighted by molar-refractivity contribution is 7.80. The lowest BCUT2D eigenvalue weighted by Crippen LogP contribution is -2.48. The van der Waals surface area contributed by atoms with Crippen LogP contribution in [0.4, 0.5) is 11.4 Å². The van der Waals surface area contributed by atoms with Crippen LogP contribution >= 0.6 is 12.2 Å². The molecule has 1 aliphatic heterocycles. The lowest BCUT2D eigenvalue weighted by atomic mass is 10.0. The fourth-order valence-electron chi connectivity index (χ4n) is 4.79. The topological polar surface area (TPSA) is 83.1 Å². The van der Waals surface area contributed by atoms with Crippen LogP contribution in [0, 0.1) is 0 Å². The van der Waals surface area contributed by atoms with Crippen LogP contribution in [0.3, 0.4) is 0 Å². The average Bonchev–Trinajstić information content (AvgIpc) is 3.00. The number of ether oxygens (including phenoxy) is 2. The number of nitrogens with zero attached hydrogens (tertiary/aromatic N) is 2. The summed E-state index contributed by atoms with van der Waals surface area (Å²) >= 11 is 5.40. The molecule has 1 aliphatic rings. The van der Waals surface area contributed by atoms with E-state index in [1.54, 1.807) is 38.5 Å². The Hall–Kier alpha value is -4.63. The molecule has 4 aromatic carbocycles. The zero-order valence-electron chi connectivity index (χ0n) is 22.3. The van der Waals surface area contributed by atoms with Gasteiger partial charge in [0.05, 0.1) is 14.2 Å².